The lowest BCUT2D eigenvalue weighted by Crippen LogP contribution is -2.37. The quantitative estimate of drug-likeness (QED) is 0.919. The SMILES string of the molecule is CC1(C)CC(Oc2ccccc2CC(=O)O)C(C)(C)O1. The van der Waals surface area contributed by atoms with E-state index in [-0.39, 0.29) is 23.7 Å². The van der Waals surface area contributed by atoms with Gasteiger partial charge < -0.3 is 14.6 Å². The summed E-state index contributed by atoms with van der Waals surface area (Å²) in [7, 11) is 0. The number of aliphatic carboxylic acids is 1. The van der Waals surface area contributed by atoms with Crippen molar-refractivity contribution < 1.29 is 19.4 Å². The van der Waals surface area contributed by atoms with Crippen LogP contribution in [0, 0.1) is 0 Å². The third kappa shape index (κ3) is 3.31. The third-order valence-electron chi connectivity index (χ3n) is 3.58. The van der Waals surface area contributed by atoms with Gasteiger partial charge in [0.15, 0.2) is 0 Å². The lowest BCUT2D eigenvalue weighted by molar-refractivity contribution is -0.136. The molecule has 1 heterocycles. The van der Waals surface area contributed by atoms with Crippen molar-refractivity contribution >= 4 is 5.97 Å². The molecule has 1 unspecified atom stereocenters. The molecule has 0 amide bonds. The van der Waals surface area contributed by atoms with Crippen molar-refractivity contribution in [3.05, 3.63) is 29.8 Å². The zero-order valence-electron chi connectivity index (χ0n) is 12.5. The normalized spacial score (nSPS) is 23.5. The van der Waals surface area contributed by atoms with Gasteiger partial charge in [-0.15, -0.1) is 0 Å². The van der Waals surface area contributed by atoms with Crippen LogP contribution in [0.2, 0.25) is 0 Å². The number of carbonyl (C=O) groups is 1. The van der Waals surface area contributed by atoms with Gasteiger partial charge in [0.25, 0.3) is 0 Å². The fourth-order valence-corrected chi connectivity index (χ4v) is 2.78. The number of hydrogen-bond acceptors (Lipinski definition) is 3. The molecule has 1 atom stereocenters. The zero-order valence-corrected chi connectivity index (χ0v) is 12.5. The Morgan fingerprint density at radius 3 is 2.55 bits per heavy atom. The van der Waals surface area contributed by atoms with Crippen LogP contribution in [0.3, 0.4) is 0 Å². The molecule has 0 saturated carbocycles. The van der Waals surface area contributed by atoms with Gasteiger partial charge in [-0.3, -0.25) is 4.79 Å². The van der Waals surface area contributed by atoms with Crippen molar-refractivity contribution in [3.63, 3.8) is 0 Å². The summed E-state index contributed by atoms with van der Waals surface area (Å²) in [5.74, 6) is -0.224. The molecule has 4 nitrogen and oxygen atoms in total. The average molecular weight is 278 g/mol. The standard InChI is InChI=1S/C16H22O4/c1-15(2)10-13(16(3,4)20-15)19-12-8-6-5-7-11(12)9-14(17)18/h5-8,13H,9-10H2,1-4H3,(H,17,18). The first kappa shape index (κ1) is 14.9. The minimum atomic E-state index is -0.858. The second kappa shape index (κ2) is 5.09. The fraction of sp³-hybridized carbons (Fsp3) is 0.562. The van der Waals surface area contributed by atoms with Crippen LogP contribution in [0.15, 0.2) is 24.3 Å². The van der Waals surface area contributed by atoms with Gasteiger partial charge >= 0.3 is 5.97 Å². The molecule has 20 heavy (non-hydrogen) atoms. The maximum Gasteiger partial charge on any atom is 0.307 e. The molecule has 1 aliphatic rings. The van der Waals surface area contributed by atoms with Crippen molar-refractivity contribution in [1.29, 1.82) is 0 Å². The molecule has 2 rings (SSSR count). The van der Waals surface area contributed by atoms with E-state index in [0.29, 0.717) is 11.3 Å². The van der Waals surface area contributed by atoms with Crippen LogP contribution in [0.1, 0.15) is 39.7 Å². The highest BCUT2D eigenvalue weighted by Crippen LogP contribution is 2.40. The molecule has 1 saturated heterocycles. The van der Waals surface area contributed by atoms with Gasteiger partial charge in [-0.25, -0.2) is 0 Å². The smallest absolute Gasteiger partial charge is 0.307 e. The minimum Gasteiger partial charge on any atom is -0.487 e. The third-order valence-corrected chi connectivity index (χ3v) is 3.58. The van der Waals surface area contributed by atoms with E-state index in [0.717, 1.165) is 6.42 Å². The highest BCUT2D eigenvalue weighted by molar-refractivity contribution is 5.71. The van der Waals surface area contributed by atoms with E-state index in [9.17, 15) is 4.79 Å². The first-order valence-corrected chi connectivity index (χ1v) is 6.86. The summed E-state index contributed by atoms with van der Waals surface area (Å²) >= 11 is 0. The summed E-state index contributed by atoms with van der Waals surface area (Å²) in [6.07, 6.45) is 0.655. The summed E-state index contributed by atoms with van der Waals surface area (Å²) < 4.78 is 12.1. The molecule has 0 bridgehead atoms. The number of hydrogen-bond donors (Lipinski definition) is 1. The largest absolute Gasteiger partial charge is 0.487 e. The highest BCUT2D eigenvalue weighted by atomic mass is 16.6. The van der Waals surface area contributed by atoms with Gasteiger partial charge in [-0.1, -0.05) is 18.2 Å². The summed E-state index contributed by atoms with van der Waals surface area (Å²) in [6.45, 7) is 8.10. The fourth-order valence-electron chi connectivity index (χ4n) is 2.78. The molecule has 0 spiro atoms. The minimum absolute atomic E-state index is 0.0342. The second-order valence-electron chi connectivity index (χ2n) is 6.45. The van der Waals surface area contributed by atoms with Gasteiger partial charge in [0, 0.05) is 12.0 Å². The Kier molecular flexibility index (Phi) is 3.78. The molecule has 1 fully saturated rings. The highest BCUT2D eigenvalue weighted by Gasteiger charge is 2.47. The van der Waals surface area contributed by atoms with Gasteiger partial charge in [0.2, 0.25) is 0 Å². The average Bonchev–Trinajstić information content (AvgIpc) is 2.48. The van der Waals surface area contributed by atoms with Gasteiger partial charge in [-0.2, -0.15) is 0 Å². The van der Waals surface area contributed by atoms with Gasteiger partial charge in [-0.05, 0) is 33.8 Å². The summed E-state index contributed by atoms with van der Waals surface area (Å²) in [4.78, 5) is 10.9. The Balaban J connectivity index is 2.20. The summed E-state index contributed by atoms with van der Waals surface area (Å²) in [5, 5.41) is 8.96. The van der Waals surface area contributed by atoms with E-state index in [1.165, 1.54) is 0 Å². The van der Waals surface area contributed by atoms with E-state index >= 15 is 0 Å². The molecule has 1 N–H and O–H groups in total. The maximum atomic E-state index is 10.9. The second-order valence-corrected chi connectivity index (χ2v) is 6.45. The van der Waals surface area contributed by atoms with Crippen LogP contribution in [0.25, 0.3) is 0 Å². The van der Waals surface area contributed by atoms with Crippen LogP contribution in [0.5, 0.6) is 5.75 Å². The molecule has 1 aromatic carbocycles. The predicted octanol–water partition coefficient (Wildman–Crippen LogP) is 3.04. The molecule has 0 radical (unpaired) electrons. The Hall–Kier alpha value is -1.55. The van der Waals surface area contributed by atoms with Crippen molar-refractivity contribution in [1.82, 2.24) is 0 Å². The number of ether oxygens (including phenoxy) is 2. The molecule has 1 aliphatic heterocycles. The summed E-state index contributed by atoms with van der Waals surface area (Å²) in [5.41, 5.74) is 0.0796. The Morgan fingerprint density at radius 2 is 2.00 bits per heavy atom. The molecule has 4 heteroatoms. The van der Waals surface area contributed by atoms with Crippen molar-refractivity contribution in [2.24, 2.45) is 0 Å². The predicted molar refractivity (Wildman–Crippen MR) is 76.1 cm³/mol. The van der Waals surface area contributed by atoms with Crippen molar-refractivity contribution in [3.8, 4) is 5.75 Å². The topological polar surface area (TPSA) is 55.8 Å². The van der Waals surface area contributed by atoms with Gasteiger partial charge in [0.1, 0.15) is 17.5 Å². The van der Waals surface area contributed by atoms with E-state index in [1.807, 2.05) is 45.9 Å². The van der Waals surface area contributed by atoms with Gasteiger partial charge in [0.05, 0.1) is 12.0 Å². The van der Waals surface area contributed by atoms with E-state index in [2.05, 4.69) is 0 Å². The lowest BCUT2D eigenvalue weighted by atomic mass is 9.97. The van der Waals surface area contributed by atoms with E-state index < -0.39 is 5.97 Å². The zero-order chi connectivity index (χ0) is 15.0. The van der Waals surface area contributed by atoms with Crippen molar-refractivity contribution in [2.75, 3.05) is 0 Å². The number of carboxylic acid groups (broad SMARTS) is 1. The first-order chi connectivity index (χ1) is 9.20. The van der Waals surface area contributed by atoms with Crippen LogP contribution in [-0.2, 0) is 16.0 Å². The monoisotopic (exact) mass is 278 g/mol. The van der Waals surface area contributed by atoms with Crippen LogP contribution in [0.4, 0.5) is 0 Å². The molecule has 110 valence electrons. The first-order valence-electron chi connectivity index (χ1n) is 6.86. The molecular formula is C16H22O4. The Bertz CT molecular complexity index is 505. The van der Waals surface area contributed by atoms with Crippen LogP contribution in [-0.4, -0.2) is 28.4 Å². The number of carboxylic acids is 1. The number of para-hydroxylation sites is 1. The maximum absolute atomic E-state index is 10.9. The Labute approximate surface area is 119 Å². The van der Waals surface area contributed by atoms with Crippen LogP contribution >= 0.6 is 0 Å². The molecular weight excluding hydrogens is 256 g/mol. The van der Waals surface area contributed by atoms with E-state index in [1.54, 1.807) is 6.07 Å². The number of benzene rings is 1. The summed E-state index contributed by atoms with van der Waals surface area (Å²) in [6, 6.07) is 7.29. The molecule has 0 aromatic heterocycles. The van der Waals surface area contributed by atoms with Crippen LogP contribution < -0.4 is 4.74 Å². The Morgan fingerprint density at radius 1 is 1.35 bits per heavy atom. The van der Waals surface area contributed by atoms with E-state index in [4.69, 9.17) is 14.6 Å². The molecule has 0 aliphatic carbocycles. The van der Waals surface area contributed by atoms with Crippen molar-refractivity contribution in [2.45, 2.75) is 57.8 Å². The molecule has 1 aromatic rings. The number of rotatable bonds is 4. The lowest BCUT2D eigenvalue weighted by Gasteiger charge is -2.28.